The smallest absolute Gasteiger partial charge is 0.0785 e. The van der Waals surface area contributed by atoms with E-state index in [0.717, 1.165) is 0 Å². The summed E-state index contributed by atoms with van der Waals surface area (Å²) >= 11 is 5.44. The van der Waals surface area contributed by atoms with Crippen LogP contribution in [0.5, 0.6) is 0 Å². The van der Waals surface area contributed by atoms with Crippen molar-refractivity contribution in [2.24, 2.45) is 0 Å². The Kier molecular flexibility index (Phi) is 1.02. The summed E-state index contributed by atoms with van der Waals surface area (Å²) in [5, 5.41) is 4.31. The average Bonchev–Trinajstić information content (AvgIpc) is 1.87. The molecule has 37 valence electrons. The molecule has 0 N–H and O–H groups in total. The molecule has 3 heteroatoms. The lowest BCUT2D eigenvalue weighted by molar-refractivity contribution is 0.877. The van der Waals surface area contributed by atoms with Crippen molar-refractivity contribution in [1.29, 1.82) is 0 Å². The van der Waals surface area contributed by atoms with Crippen LogP contribution in [0, 0.1) is 7.05 Å². The summed E-state index contributed by atoms with van der Waals surface area (Å²) in [6.07, 6.45) is 3.16. The van der Waals surface area contributed by atoms with Crippen LogP contribution >= 0.6 is 11.6 Å². The molecule has 0 amide bonds. The number of hydrogen-bond donors (Lipinski definition) is 0. The van der Waals surface area contributed by atoms with Gasteiger partial charge in [-0.15, -0.1) is 0 Å². The monoisotopic (exact) mass is 115 g/mol. The molecule has 2 nitrogen and oxygen atoms in total. The lowest BCUT2D eigenvalue weighted by atomic mass is 10.7. The van der Waals surface area contributed by atoms with Crippen molar-refractivity contribution < 1.29 is 0 Å². The van der Waals surface area contributed by atoms with E-state index in [1.165, 1.54) is 10.9 Å². The number of nitrogens with zero attached hydrogens (tertiary/aromatic N) is 2. The molecule has 1 radical (unpaired) electrons. The van der Waals surface area contributed by atoms with E-state index in [-0.39, 0.29) is 0 Å². The standard InChI is InChI=1S/C4H4ClN2/c1-7-3-4(5)2-6-7/h2-3H,1H2. The van der Waals surface area contributed by atoms with Gasteiger partial charge in [-0.25, -0.2) is 0 Å². The summed E-state index contributed by atoms with van der Waals surface area (Å²) in [5.74, 6) is 0. The van der Waals surface area contributed by atoms with E-state index in [1.54, 1.807) is 6.20 Å². The molecule has 0 bridgehead atoms. The quantitative estimate of drug-likeness (QED) is 0.497. The summed E-state index contributed by atoms with van der Waals surface area (Å²) in [6, 6.07) is 0. The van der Waals surface area contributed by atoms with E-state index in [0.29, 0.717) is 5.02 Å². The summed E-state index contributed by atoms with van der Waals surface area (Å²) < 4.78 is 1.41. The van der Waals surface area contributed by atoms with Crippen LogP contribution in [0.1, 0.15) is 0 Å². The van der Waals surface area contributed by atoms with Crippen molar-refractivity contribution in [2.75, 3.05) is 0 Å². The van der Waals surface area contributed by atoms with Gasteiger partial charge in [0.1, 0.15) is 0 Å². The van der Waals surface area contributed by atoms with Crippen molar-refractivity contribution in [2.45, 2.75) is 0 Å². The van der Waals surface area contributed by atoms with Crippen LogP contribution in [0.15, 0.2) is 12.4 Å². The third-order valence-corrected chi connectivity index (χ3v) is 0.797. The zero-order valence-corrected chi connectivity index (χ0v) is 4.39. The molecular formula is C4H4ClN2. The Hall–Kier alpha value is -0.500. The zero-order valence-electron chi connectivity index (χ0n) is 3.63. The van der Waals surface area contributed by atoms with Gasteiger partial charge in [0, 0.05) is 6.20 Å². The highest BCUT2D eigenvalue weighted by Crippen LogP contribution is 2.02. The molecule has 1 aromatic heterocycles. The Bertz CT molecular complexity index is 142. The molecule has 1 aromatic rings. The Labute approximate surface area is 46.7 Å². The van der Waals surface area contributed by atoms with Crippen LogP contribution in [-0.4, -0.2) is 9.78 Å². The largest absolute Gasteiger partial charge is 0.269 e. The van der Waals surface area contributed by atoms with Gasteiger partial charge in [0.05, 0.1) is 18.3 Å². The molecule has 1 heterocycles. The molecule has 0 aromatic carbocycles. The van der Waals surface area contributed by atoms with Gasteiger partial charge in [0.15, 0.2) is 0 Å². The number of halogens is 1. The fourth-order valence-corrected chi connectivity index (χ4v) is 0.495. The lowest BCUT2D eigenvalue weighted by Crippen LogP contribution is -1.80. The van der Waals surface area contributed by atoms with Gasteiger partial charge in [-0.3, -0.25) is 4.68 Å². The second-order valence-electron chi connectivity index (χ2n) is 1.20. The van der Waals surface area contributed by atoms with Crippen molar-refractivity contribution in [3.63, 3.8) is 0 Å². The van der Waals surface area contributed by atoms with Crippen molar-refractivity contribution in [1.82, 2.24) is 9.78 Å². The predicted molar refractivity (Wildman–Crippen MR) is 28.0 cm³/mol. The van der Waals surface area contributed by atoms with Crippen LogP contribution in [0.2, 0.25) is 5.02 Å². The maximum Gasteiger partial charge on any atom is 0.0785 e. The normalized spacial score (nSPS) is 9.43. The fourth-order valence-electron chi connectivity index (χ4n) is 0.338. The van der Waals surface area contributed by atoms with E-state index in [1.807, 2.05) is 0 Å². The third kappa shape index (κ3) is 0.933. The van der Waals surface area contributed by atoms with Crippen molar-refractivity contribution >= 4 is 11.6 Å². The highest BCUT2D eigenvalue weighted by Gasteiger charge is 1.84. The molecule has 0 unspecified atom stereocenters. The summed E-state index contributed by atoms with van der Waals surface area (Å²) in [6.45, 7) is 0. The first-order chi connectivity index (χ1) is 3.29. The summed E-state index contributed by atoms with van der Waals surface area (Å²) in [7, 11) is 3.46. The third-order valence-electron chi connectivity index (χ3n) is 0.602. The van der Waals surface area contributed by atoms with Gasteiger partial charge >= 0.3 is 0 Å². The van der Waals surface area contributed by atoms with Crippen LogP contribution in [-0.2, 0) is 0 Å². The molecule has 0 aliphatic carbocycles. The second-order valence-corrected chi connectivity index (χ2v) is 1.63. The van der Waals surface area contributed by atoms with Gasteiger partial charge in [-0.1, -0.05) is 11.6 Å². The zero-order chi connectivity index (χ0) is 5.28. The number of rotatable bonds is 0. The highest BCUT2D eigenvalue weighted by molar-refractivity contribution is 6.30. The minimum atomic E-state index is 0.620. The Balaban J connectivity index is 3.04. The maximum atomic E-state index is 5.44. The van der Waals surface area contributed by atoms with Gasteiger partial charge in [-0.05, 0) is 0 Å². The highest BCUT2D eigenvalue weighted by atomic mass is 35.5. The molecule has 0 aliphatic rings. The molecule has 0 fully saturated rings. The topological polar surface area (TPSA) is 17.8 Å². The van der Waals surface area contributed by atoms with E-state index < -0.39 is 0 Å². The Morgan fingerprint density at radius 2 is 2.57 bits per heavy atom. The first-order valence-corrected chi connectivity index (χ1v) is 2.18. The van der Waals surface area contributed by atoms with Crippen LogP contribution in [0.25, 0.3) is 0 Å². The summed E-state index contributed by atoms with van der Waals surface area (Å²) in [5.41, 5.74) is 0. The first-order valence-electron chi connectivity index (χ1n) is 1.80. The van der Waals surface area contributed by atoms with Crippen LogP contribution in [0.4, 0.5) is 0 Å². The van der Waals surface area contributed by atoms with Gasteiger partial charge in [0.25, 0.3) is 0 Å². The summed E-state index contributed by atoms with van der Waals surface area (Å²) in [4.78, 5) is 0. The minimum absolute atomic E-state index is 0.620. The maximum absolute atomic E-state index is 5.44. The SMILES string of the molecule is [CH2]n1cc(Cl)cn1. The predicted octanol–water partition coefficient (Wildman–Crippen LogP) is 1.18. The molecule has 0 saturated heterocycles. The number of hydrogen-bond acceptors (Lipinski definition) is 1. The average molecular weight is 116 g/mol. The van der Waals surface area contributed by atoms with E-state index in [4.69, 9.17) is 11.6 Å². The number of aromatic nitrogens is 2. The Morgan fingerprint density at radius 1 is 1.86 bits per heavy atom. The molecule has 1 rings (SSSR count). The van der Waals surface area contributed by atoms with E-state index in [2.05, 4.69) is 12.1 Å². The lowest BCUT2D eigenvalue weighted by Gasteiger charge is -1.77. The van der Waals surface area contributed by atoms with Crippen molar-refractivity contribution in [3.05, 3.63) is 24.5 Å². The molecule has 0 atom stereocenters. The van der Waals surface area contributed by atoms with Gasteiger partial charge in [0.2, 0.25) is 0 Å². The van der Waals surface area contributed by atoms with Crippen molar-refractivity contribution in [3.8, 4) is 0 Å². The molecule has 0 saturated carbocycles. The van der Waals surface area contributed by atoms with E-state index in [9.17, 15) is 0 Å². The second kappa shape index (κ2) is 1.54. The van der Waals surface area contributed by atoms with Crippen LogP contribution in [0.3, 0.4) is 0 Å². The van der Waals surface area contributed by atoms with Crippen LogP contribution < -0.4 is 0 Å². The van der Waals surface area contributed by atoms with Gasteiger partial charge in [-0.2, -0.15) is 5.10 Å². The molecular weight excluding hydrogens is 112 g/mol. The van der Waals surface area contributed by atoms with E-state index >= 15 is 0 Å². The van der Waals surface area contributed by atoms with Gasteiger partial charge < -0.3 is 0 Å². The Morgan fingerprint density at radius 3 is 2.71 bits per heavy atom. The fraction of sp³-hybridized carbons (Fsp3) is 0. The first kappa shape index (κ1) is 4.65. The molecule has 0 aliphatic heterocycles. The minimum Gasteiger partial charge on any atom is -0.269 e. The molecule has 7 heavy (non-hydrogen) atoms. The molecule has 0 spiro atoms.